The Hall–Kier alpha value is -9.74. The molecule has 14 rings (SSSR count). The zero-order chi connectivity index (χ0) is 88.9. The van der Waals surface area contributed by atoms with E-state index in [1.54, 1.807) is 33.1 Å². The lowest BCUT2D eigenvalue weighted by molar-refractivity contribution is -0.130. The third kappa shape index (κ3) is 52.3. The van der Waals surface area contributed by atoms with Crippen molar-refractivity contribution >= 4 is 49.0 Å². The number of aryl methyl sites for hydroxylation is 7. The summed E-state index contributed by atoms with van der Waals surface area (Å²) < 4.78 is 44.8. The molecule has 0 spiro atoms. The molecule has 0 aliphatic carbocycles. The molecule has 10 aromatic rings. The molecular weight excluding hydrogens is 1510 g/mol. The van der Waals surface area contributed by atoms with Gasteiger partial charge in [0.1, 0.15) is 27.2 Å². The summed E-state index contributed by atoms with van der Waals surface area (Å²) in [6, 6.07) is 66.6. The minimum Gasteiger partial charge on any atom is -0.493 e. The molecule has 2 aromatic heterocycles. The van der Waals surface area contributed by atoms with Gasteiger partial charge in [-0.15, -0.1) is 6.58 Å². The Bertz CT molecular complexity index is 4230. The van der Waals surface area contributed by atoms with Gasteiger partial charge in [-0.2, -0.15) is 0 Å². The van der Waals surface area contributed by atoms with Crippen LogP contribution in [-0.4, -0.2) is 136 Å². The average molecular weight is 1670 g/mol. The highest BCUT2D eigenvalue weighted by molar-refractivity contribution is 7.89. The Labute approximate surface area is 727 Å². The first kappa shape index (κ1) is 110. The van der Waals surface area contributed by atoms with Crippen LogP contribution < -0.4 is 14.2 Å². The minimum absolute atomic E-state index is 0. The van der Waals surface area contributed by atoms with E-state index >= 15 is 0 Å². The van der Waals surface area contributed by atoms with E-state index in [1.165, 1.54) is 112 Å². The van der Waals surface area contributed by atoms with Gasteiger partial charge in [-0.25, -0.2) is 18.4 Å². The number of piperidine rings is 2. The number of furan rings is 1. The largest absolute Gasteiger partial charge is 0.493 e. The number of hydrogen-bond acceptors (Lipinski definition) is 13. The molecule has 0 bridgehead atoms. The van der Waals surface area contributed by atoms with E-state index in [0.717, 1.165) is 131 Å². The van der Waals surface area contributed by atoms with Crippen molar-refractivity contribution in [2.24, 2.45) is 5.92 Å². The van der Waals surface area contributed by atoms with Gasteiger partial charge in [0.2, 0.25) is 18.6 Å². The van der Waals surface area contributed by atoms with E-state index in [1.807, 2.05) is 98.4 Å². The number of Topliss-reactive ketones (excluding diaryl/α,β-unsaturated/α-hetero) is 1. The third-order valence-electron chi connectivity index (χ3n) is 18.7. The molecule has 15 nitrogen and oxygen atoms in total. The van der Waals surface area contributed by atoms with Crippen molar-refractivity contribution in [3.63, 3.8) is 0 Å². The molecule has 0 unspecified atom stereocenters. The molecule has 6 heterocycles. The molecule has 0 atom stereocenters. The summed E-state index contributed by atoms with van der Waals surface area (Å²) in [5.74, 6) is 7.36. The molecule has 0 N–H and O–H groups in total. The average Bonchev–Trinajstić information content (AvgIpc) is 1.05. The molecule has 2 amide bonds. The number of ketones is 1. The van der Waals surface area contributed by atoms with Crippen molar-refractivity contribution in [3.8, 4) is 17.2 Å². The summed E-state index contributed by atoms with van der Waals surface area (Å²) in [6.07, 6.45) is 19.8. The number of carbonyl (C=O) groups is 3. The molecule has 0 radical (unpaired) electrons. The van der Waals surface area contributed by atoms with E-state index in [9.17, 15) is 22.8 Å². The number of hydrogen-bond donors (Lipinski definition) is 0. The number of methoxy groups -OCH3 is 1. The second kappa shape index (κ2) is 66.0. The number of ether oxygens (including phenoxy) is 4. The van der Waals surface area contributed by atoms with Gasteiger partial charge in [-0.05, 0) is 209 Å². The Morgan fingerprint density at radius 2 is 0.950 bits per heavy atom. The number of carbonyl (C=O) groups excluding carboxylic acids is 3. The van der Waals surface area contributed by atoms with Gasteiger partial charge in [-0.1, -0.05) is 271 Å². The lowest BCUT2D eigenvalue weighted by atomic mass is 9.96. The van der Waals surface area contributed by atoms with Crippen LogP contribution in [0.1, 0.15) is 234 Å². The van der Waals surface area contributed by atoms with Crippen LogP contribution in [0.3, 0.4) is 0 Å². The van der Waals surface area contributed by atoms with Crippen molar-refractivity contribution in [1.29, 1.82) is 0 Å². The predicted octanol–water partition coefficient (Wildman–Crippen LogP) is 25.7. The minimum atomic E-state index is -2.67. The molecule has 4 aliphatic heterocycles. The number of amides is 2. The van der Waals surface area contributed by atoms with Gasteiger partial charge in [0.05, 0.1) is 13.2 Å². The second-order valence-electron chi connectivity index (χ2n) is 30.6. The fourth-order valence-electron chi connectivity index (χ4n) is 11.3. The molecule has 2 fully saturated rings. The number of aromatic nitrogens is 2. The van der Waals surface area contributed by atoms with Crippen LogP contribution in [0.2, 0.25) is 0 Å². The topological polar surface area (TPSA) is 171 Å². The fourth-order valence-corrected chi connectivity index (χ4v) is 11.3. The van der Waals surface area contributed by atoms with Gasteiger partial charge in [0.25, 0.3) is 0 Å². The van der Waals surface area contributed by atoms with E-state index in [4.69, 9.17) is 23.4 Å². The summed E-state index contributed by atoms with van der Waals surface area (Å²) in [4.78, 5) is 46.1. The van der Waals surface area contributed by atoms with Crippen LogP contribution >= 0.6 is 0 Å². The van der Waals surface area contributed by atoms with Gasteiger partial charge in [0.15, 0.2) is 23.0 Å². The maximum atomic E-state index is 10.7. The van der Waals surface area contributed by atoms with Gasteiger partial charge in [0, 0.05) is 91.9 Å². The molecule has 2 saturated heterocycles. The van der Waals surface area contributed by atoms with Crippen molar-refractivity contribution in [3.05, 3.63) is 281 Å². The van der Waals surface area contributed by atoms with E-state index in [0.29, 0.717) is 24.4 Å². The highest BCUT2D eigenvalue weighted by Gasteiger charge is 2.15. The molecular formula is C104H153N5O10S. The van der Waals surface area contributed by atoms with Crippen molar-refractivity contribution < 1.29 is 46.2 Å². The Morgan fingerprint density at radius 1 is 0.525 bits per heavy atom. The summed E-state index contributed by atoms with van der Waals surface area (Å²) >= 11 is 0. The van der Waals surface area contributed by atoms with Crippen molar-refractivity contribution in [2.75, 3.05) is 85.4 Å². The fraction of sp³-hybridized carbons (Fsp3) is 0.452. The number of benzene rings is 8. The summed E-state index contributed by atoms with van der Waals surface area (Å²) in [6.45, 7) is 53.6. The molecule has 8 aromatic carbocycles. The Kier molecular flexibility index (Phi) is 60.7. The molecule has 0 saturated carbocycles. The standard InChI is InChI=1S/2C13H14.C9H10O.C8H8O2.C8H10.2C7H13NO.C7H17NO.C7H8O2.C7H8.C6H8N2.C5H12.C4H8.C2H6O2S.CH4/c2*1-10(2)12-9-5-7-11-6-3-4-8-13(11)12;1-7-2-3-9-8(6-7)4-5-10-9;1-6-2-3-7-8(4-6)10-5-9-7;1-2-8-6-4-3-5-7-8;2*1-7(9)8-5-3-2-4-6-8;1-4-8(5-2)6-7-9-3;1-5-3-4-7(9-5)6(2)8;1-7-5-3-2-4-6-7;1-5-3-7-6(2)8-4-5;1-4-5(2)3;1-3-4-2;1-5(2,3)4;/h2*3-10H,1-2H3;2-3,6H,4-5H2,1H3;2-4H,5H2,1H3;3-7H,2H2,1H3;2*2-6H2,1H3;4-7H2,1-3H3;3-4H,1-2H3;2-6H,1H3;3-4H,1-2H3;5H,4H2,1-3H3;3H,1,4H2,2H3;1-2H3;1H4. The first-order valence-corrected chi connectivity index (χ1v) is 45.0. The Morgan fingerprint density at radius 3 is 1.30 bits per heavy atom. The van der Waals surface area contributed by atoms with Crippen LogP contribution in [0.4, 0.5) is 0 Å². The van der Waals surface area contributed by atoms with Crippen molar-refractivity contribution in [2.45, 2.75) is 222 Å². The van der Waals surface area contributed by atoms with Crippen LogP contribution in [0.25, 0.3) is 21.5 Å². The molecule has 660 valence electrons. The van der Waals surface area contributed by atoms with E-state index < -0.39 is 9.84 Å². The number of fused-ring (bicyclic) bond motifs is 4. The highest BCUT2D eigenvalue weighted by atomic mass is 32.2. The van der Waals surface area contributed by atoms with E-state index in [2.05, 4.69) is 251 Å². The van der Waals surface area contributed by atoms with Crippen LogP contribution in [0, 0.1) is 47.5 Å². The van der Waals surface area contributed by atoms with Crippen LogP contribution in [0.5, 0.6) is 17.2 Å². The lowest BCUT2D eigenvalue weighted by Gasteiger charge is -2.24. The van der Waals surface area contributed by atoms with Crippen LogP contribution in [-0.2, 0) is 37.0 Å². The third-order valence-corrected chi connectivity index (χ3v) is 18.7. The summed E-state index contributed by atoms with van der Waals surface area (Å²) in [5, 5.41) is 5.46. The molecule has 16 heteroatoms. The van der Waals surface area contributed by atoms with Crippen LogP contribution in [0.15, 0.2) is 224 Å². The number of likely N-dealkylation sites (tertiary alicyclic amines) is 2. The van der Waals surface area contributed by atoms with E-state index in [-0.39, 0.29) is 25.0 Å². The summed E-state index contributed by atoms with van der Waals surface area (Å²) in [7, 11) is -0.927. The Balaban J connectivity index is 0.00000128. The number of nitrogens with zero attached hydrogens (tertiary/aromatic N) is 5. The summed E-state index contributed by atoms with van der Waals surface area (Å²) in [5.41, 5.74) is 10.6. The SMILES string of the molecule is C.C=CCC.CC(=O)N1CCCCC1.CC(=O)N1CCCCC1.CC(=O)c1ccc(C)o1.CC(C)c1cccc2ccccc12.CC(C)c1cccc2ccccc12.CCC(C)C.CCN(CC)CCOC.CCc1ccccc1.CS(C)(=O)=O.Cc1ccc2c(c1)CCO2.Cc1ccc2c(c1)OCO2.Cc1ccccc1.Cc1cnc(C)nc1. The molecule has 120 heavy (non-hydrogen) atoms. The number of sulfone groups is 1. The maximum Gasteiger partial charge on any atom is 0.231 e. The normalized spacial score (nSPS) is 12.1. The predicted molar refractivity (Wildman–Crippen MR) is 511 cm³/mol. The quantitative estimate of drug-likeness (QED) is 0.0886. The maximum absolute atomic E-state index is 10.7. The highest BCUT2D eigenvalue weighted by Crippen LogP contribution is 2.32. The molecule has 4 aliphatic rings. The number of likely N-dealkylation sites (N-methyl/N-ethyl adjacent to an activating group) is 1. The monoisotopic (exact) mass is 1660 g/mol. The smallest absolute Gasteiger partial charge is 0.231 e. The zero-order valence-corrected chi connectivity index (χ0v) is 77.8. The first-order valence-electron chi connectivity index (χ1n) is 42.7. The lowest BCUT2D eigenvalue weighted by Crippen LogP contribution is -2.33. The van der Waals surface area contributed by atoms with Gasteiger partial charge >= 0.3 is 0 Å². The first-order chi connectivity index (χ1) is 56.7. The number of rotatable bonds is 11. The van der Waals surface area contributed by atoms with Gasteiger partial charge < -0.3 is 38.1 Å². The second-order valence-corrected chi connectivity index (χ2v) is 32.9. The van der Waals surface area contributed by atoms with Gasteiger partial charge in [-0.3, -0.25) is 14.4 Å². The zero-order valence-electron chi connectivity index (χ0n) is 77.0. The van der Waals surface area contributed by atoms with Crippen molar-refractivity contribution in [1.82, 2.24) is 24.7 Å². The number of allylic oxidation sites excluding steroid dienone is 1.